The molecule has 260 valence electrons. The molecule has 0 spiro atoms. The van der Waals surface area contributed by atoms with Gasteiger partial charge in [-0.1, -0.05) is 30.8 Å². The third-order valence-corrected chi connectivity index (χ3v) is 10.2. The summed E-state index contributed by atoms with van der Waals surface area (Å²) in [6.07, 6.45) is 1.14. The molecule has 2 aliphatic rings. The number of fused-ring (bicyclic) bond motifs is 2. The van der Waals surface area contributed by atoms with E-state index in [1.54, 1.807) is 9.80 Å². The molecule has 0 radical (unpaired) electrons. The number of likely N-dealkylation sites (tertiary alicyclic amines) is 1. The zero-order chi connectivity index (χ0) is 35.2. The van der Waals surface area contributed by atoms with Crippen molar-refractivity contribution in [3.8, 4) is 39.5 Å². The van der Waals surface area contributed by atoms with E-state index >= 15 is 4.39 Å². The maximum atomic E-state index is 16.1. The quantitative estimate of drug-likeness (QED) is 0.0842. The molecule has 0 unspecified atom stereocenters. The summed E-state index contributed by atoms with van der Waals surface area (Å²) in [7, 11) is 1.51. The first-order valence-corrected chi connectivity index (χ1v) is 17.2. The summed E-state index contributed by atoms with van der Waals surface area (Å²) >= 11 is 1.39. The summed E-state index contributed by atoms with van der Waals surface area (Å²) in [6, 6.07) is 13.0. The highest BCUT2D eigenvalue weighted by molar-refractivity contribution is 7.18. The maximum Gasteiger partial charge on any atom is 0.261 e. The van der Waals surface area contributed by atoms with E-state index in [1.165, 1.54) is 24.5 Å². The number of amides is 1. The molecule has 2 aromatic carbocycles. The van der Waals surface area contributed by atoms with Crippen LogP contribution in [0.1, 0.15) is 30.6 Å². The van der Waals surface area contributed by atoms with Crippen molar-refractivity contribution in [2.75, 3.05) is 40.0 Å². The zero-order valence-corrected chi connectivity index (χ0v) is 28.4. The maximum absolute atomic E-state index is 16.1. The molecule has 1 fully saturated rings. The highest BCUT2D eigenvalue weighted by Gasteiger charge is 2.38. The van der Waals surface area contributed by atoms with Crippen LogP contribution in [-0.4, -0.2) is 76.4 Å². The lowest BCUT2D eigenvalue weighted by Crippen LogP contribution is -2.40. The molecule has 5 heterocycles. The number of aromatic nitrogens is 3. The van der Waals surface area contributed by atoms with Crippen LogP contribution in [0.5, 0.6) is 5.75 Å². The van der Waals surface area contributed by atoms with Crippen molar-refractivity contribution in [1.29, 1.82) is 0 Å². The number of methoxy groups -OCH3 is 1. The van der Waals surface area contributed by atoms with Gasteiger partial charge in [0.25, 0.3) is 5.92 Å². The highest BCUT2D eigenvalue weighted by atomic mass is 32.1. The summed E-state index contributed by atoms with van der Waals surface area (Å²) < 4.78 is 71.9. The predicted molar refractivity (Wildman–Crippen MR) is 184 cm³/mol. The summed E-state index contributed by atoms with van der Waals surface area (Å²) in [5.74, 6) is -4.47. The second kappa shape index (κ2) is 13.6. The number of ether oxygens (including phenoxy) is 2. The van der Waals surface area contributed by atoms with Crippen molar-refractivity contribution < 1.29 is 31.8 Å². The normalized spacial score (nSPS) is 17.3. The lowest BCUT2D eigenvalue weighted by molar-refractivity contribution is -0.129. The fraction of sp³-hybridized carbons (Fsp3) is 0.324. The van der Waals surface area contributed by atoms with E-state index < -0.39 is 17.6 Å². The monoisotopic (exact) mass is 705 g/mol. The molecule has 5 aromatic rings. The third-order valence-electron chi connectivity index (χ3n) is 9.26. The molecular weight excluding hydrogens is 670 g/mol. The Labute approximate surface area is 290 Å². The summed E-state index contributed by atoms with van der Waals surface area (Å²) in [5, 5.41) is 7.54. The minimum absolute atomic E-state index is 0.00184. The molecule has 0 N–H and O–H groups in total. The van der Waals surface area contributed by atoms with Gasteiger partial charge in [-0.2, -0.15) is 5.10 Å². The molecule has 13 heteroatoms. The summed E-state index contributed by atoms with van der Waals surface area (Å²) in [6.45, 7) is 7.15. The Morgan fingerprint density at radius 2 is 1.86 bits per heavy atom. The number of carbonyl (C=O) groups excluding carboxylic acids is 1. The van der Waals surface area contributed by atoms with Crippen LogP contribution in [-0.2, 0) is 22.6 Å². The molecule has 0 aliphatic carbocycles. The molecule has 7 rings (SSSR count). The van der Waals surface area contributed by atoms with E-state index in [9.17, 15) is 18.0 Å². The van der Waals surface area contributed by atoms with E-state index in [2.05, 4.69) is 6.58 Å². The van der Waals surface area contributed by atoms with Gasteiger partial charge in [-0.25, -0.2) is 22.5 Å². The molecule has 3 aromatic heterocycles. The average molecular weight is 706 g/mol. The Morgan fingerprint density at radius 1 is 1.06 bits per heavy atom. The zero-order valence-electron chi connectivity index (χ0n) is 27.6. The van der Waals surface area contributed by atoms with Crippen LogP contribution < -0.4 is 4.74 Å². The molecule has 1 saturated heterocycles. The fourth-order valence-corrected chi connectivity index (χ4v) is 7.76. The highest BCUT2D eigenvalue weighted by Crippen LogP contribution is 2.47. The van der Waals surface area contributed by atoms with Gasteiger partial charge in [0, 0.05) is 66.5 Å². The number of alkyl halides is 2. The van der Waals surface area contributed by atoms with Crippen LogP contribution in [0.25, 0.3) is 43.9 Å². The van der Waals surface area contributed by atoms with Crippen molar-refractivity contribution >= 4 is 27.3 Å². The van der Waals surface area contributed by atoms with Crippen LogP contribution >= 0.6 is 11.3 Å². The van der Waals surface area contributed by atoms with Crippen LogP contribution in [0.2, 0.25) is 0 Å². The molecule has 2 aliphatic heterocycles. The number of halogens is 4. The van der Waals surface area contributed by atoms with Crippen LogP contribution in [0, 0.1) is 11.6 Å². The van der Waals surface area contributed by atoms with Crippen LogP contribution in [0.4, 0.5) is 17.6 Å². The van der Waals surface area contributed by atoms with Crippen molar-refractivity contribution in [2.24, 2.45) is 0 Å². The van der Waals surface area contributed by atoms with Gasteiger partial charge < -0.3 is 14.4 Å². The Balaban J connectivity index is 1.39. The van der Waals surface area contributed by atoms with Gasteiger partial charge in [0.1, 0.15) is 35.4 Å². The number of hydrogen-bond acceptors (Lipinski definition) is 7. The first-order chi connectivity index (χ1) is 24.1. The summed E-state index contributed by atoms with van der Waals surface area (Å²) in [4.78, 5) is 21.2. The van der Waals surface area contributed by atoms with E-state index in [-0.39, 0.29) is 49.4 Å². The van der Waals surface area contributed by atoms with E-state index in [0.717, 1.165) is 34.3 Å². The average Bonchev–Trinajstić information content (AvgIpc) is 3.83. The van der Waals surface area contributed by atoms with E-state index in [1.807, 2.05) is 53.4 Å². The number of pyridine rings is 1. The predicted octanol–water partition coefficient (Wildman–Crippen LogP) is 7.73. The van der Waals surface area contributed by atoms with Crippen molar-refractivity contribution in [2.45, 2.75) is 38.4 Å². The largest absolute Gasteiger partial charge is 0.490 e. The Morgan fingerprint density at radius 3 is 2.58 bits per heavy atom. The van der Waals surface area contributed by atoms with E-state index in [4.69, 9.17) is 19.6 Å². The second-order valence-electron chi connectivity index (χ2n) is 12.6. The van der Waals surface area contributed by atoms with Crippen molar-refractivity contribution in [3.05, 3.63) is 89.5 Å². The first kappa shape index (κ1) is 33.9. The minimum Gasteiger partial charge on any atom is -0.490 e. The van der Waals surface area contributed by atoms with Crippen LogP contribution in [0.15, 0.2) is 66.6 Å². The molecule has 0 bridgehead atoms. The lowest BCUT2D eigenvalue weighted by Gasteiger charge is -2.33. The number of carbonyl (C=O) groups is 1. The van der Waals surface area contributed by atoms with Gasteiger partial charge in [0.2, 0.25) is 5.91 Å². The third kappa shape index (κ3) is 6.40. The fourth-order valence-electron chi connectivity index (χ4n) is 6.81. The van der Waals surface area contributed by atoms with E-state index in [0.29, 0.717) is 53.5 Å². The minimum atomic E-state index is -2.67. The number of rotatable bonds is 10. The number of benzene rings is 2. The van der Waals surface area contributed by atoms with Gasteiger partial charge in [0.15, 0.2) is 0 Å². The second-order valence-corrected chi connectivity index (χ2v) is 13.5. The van der Waals surface area contributed by atoms with Gasteiger partial charge in [-0.05, 0) is 36.1 Å². The summed E-state index contributed by atoms with van der Waals surface area (Å²) in [5.41, 5.74) is 4.31. The Kier molecular flexibility index (Phi) is 9.22. The SMILES string of the molecule is C=CC(=O)N1CCn2nc(-c3nc(-c4ccc(CN5CCC(F)(F)C5)cc4)c4ccsc4c3-c3c(F)cc(F)cc3OCCOC)cc2[C@H]1C. The van der Waals surface area contributed by atoms with Gasteiger partial charge in [-0.15, -0.1) is 11.3 Å². The topological polar surface area (TPSA) is 72.7 Å². The first-order valence-electron chi connectivity index (χ1n) is 16.3. The van der Waals surface area contributed by atoms with Crippen LogP contribution in [0.3, 0.4) is 0 Å². The molecule has 1 atom stereocenters. The molecule has 0 saturated carbocycles. The lowest BCUT2D eigenvalue weighted by atomic mass is 9.96. The molecule has 1 amide bonds. The number of thiophene rings is 1. The van der Waals surface area contributed by atoms with Gasteiger partial charge in [-0.3, -0.25) is 14.4 Å². The molecule has 50 heavy (non-hydrogen) atoms. The number of hydrogen-bond donors (Lipinski definition) is 0. The van der Waals surface area contributed by atoms with Gasteiger partial charge >= 0.3 is 0 Å². The number of nitrogens with zero attached hydrogens (tertiary/aromatic N) is 5. The molecular formula is C37H35F4N5O3S. The Hall–Kier alpha value is -4.59. The smallest absolute Gasteiger partial charge is 0.261 e. The molecule has 8 nitrogen and oxygen atoms in total. The van der Waals surface area contributed by atoms with Crippen molar-refractivity contribution in [3.63, 3.8) is 0 Å². The Bertz CT molecular complexity index is 2080. The standard InChI is InChI=1S/C37H35F4N5O3S/c1-4-31(47)45-12-13-46-29(22(45)2)19-28(43-46)35-33(32-27(39)17-25(38)18-30(32)49-15-14-48-3)36-26(9-16-50-36)34(42-35)24-7-5-23(6-8-24)20-44-11-10-37(40,41)21-44/h4-9,16-19,22H,1,10-15,20-21H2,2-3H3/t22-/m1/s1. The van der Waals surface area contributed by atoms with Crippen molar-refractivity contribution in [1.82, 2.24) is 24.6 Å². The van der Waals surface area contributed by atoms with Gasteiger partial charge in [0.05, 0.1) is 42.7 Å².